The van der Waals surface area contributed by atoms with Gasteiger partial charge in [0.05, 0.1) is 22.9 Å². The molecule has 1 unspecified atom stereocenters. The van der Waals surface area contributed by atoms with Crippen molar-refractivity contribution in [2.75, 3.05) is 22.5 Å². The van der Waals surface area contributed by atoms with Crippen molar-refractivity contribution in [2.45, 2.75) is 19.4 Å². The molecule has 0 aliphatic heterocycles. The number of hydrogen-bond acceptors (Lipinski definition) is 6. The number of aliphatic imine (C=N–C) groups is 1. The summed E-state index contributed by atoms with van der Waals surface area (Å²) in [4.78, 5) is 54.1. The number of hydrogen-bond donors (Lipinski definition) is 8. The fraction of sp³-hybridized carbons (Fsp3) is 0.280. The summed E-state index contributed by atoms with van der Waals surface area (Å²) in [5.41, 5.74) is 17.8. The second-order valence-corrected chi connectivity index (χ2v) is 9.48. The predicted molar refractivity (Wildman–Crippen MR) is 155 cm³/mol. The van der Waals surface area contributed by atoms with Crippen LogP contribution in [-0.2, 0) is 25.9 Å². The van der Waals surface area contributed by atoms with Crippen LogP contribution >= 0.6 is 0 Å². The Morgan fingerprint density at radius 3 is 1.61 bits per heavy atom. The van der Waals surface area contributed by atoms with E-state index in [-0.39, 0.29) is 48.1 Å². The highest BCUT2D eigenvalue weighted by atomic mass is 16.2. The summed E-state index contributed by atoms with van der Waals surface area (Å²) in [7, 11) is 4.96. The maximum atomic E-state index is 13.0. The lowest BCUT2D eigenvalue weighted by Gasteiger charge is -2.13. The van der Waals surface area contributed by atoms with Crippen LogP contribution in [-0.4, -0.2) is 61.7 Å². The summed E-state index contributed by atoms with van der Waals surface area (Å²) >= 11 is 0. The van der Waals surface area contributed by atoms with Gasteiger partial charge in [-0.25, -0.2) is 4.99 Å². The molecule has 218 valence electrons. The van der Waals surface area contributed by atoms with E-state index >= 15 is 0 Å². The van der Waals surface area contributed by atoms with E-state index in [1.54, 1.807) is 55.8 Å². The van der Waals surface area contributed by atoms with Crippen molar-refractivity contribution >= 4 is 52.5 Å². The molecular weight excluding hydrogens is 532 g/mol. The SMILES string of the molecule is CC(CC(=N)N)NC(=O)c1cc(NC(=O)c2cc(NC(=O)c3cc(NC(=O)CN=C(N)N)cn3C)cn2C)cn1C. The van der Waals surface area contributed by atoms with Gasteiger partial charge in [0.25, 0.3) is 17.7 Å². The zero-order chi connectivity index (χ0) is 30.4. The molecule has 3 heterocycles. The first-order valence-electron chi connectivity index (χ1n) is 12.3. The normalized spacial score (nSPS) is 11.3. The number of nitrogens with two attached hydrogens (primary N) is 3. The summed E-state index contributed by atoms with van der Waals surface area (Å²) in [6.07, 6.45) is 4.95. The minimum Gasteiger partial charge on any atom is -0.388 e. The molecule has 3 aromatic heterocycles. The minimum atomic E-state index is -0.465. The van der Waals surface area contributed by atoms with Gasteiger partial charge >= 0.3 is 0 Å². The minimum absolute atomic E-state index is 0.0337. The van der Waals surface area contributed by atoms with E-state index in [1.165, 1.54) is 22.8 Å². The van der Waals surface area contributed by atoms with Gasteiger partial charge in [-0.2, -0.15) is 0 Å². The number of anilines is 3. The monoisotopic (exact) mass is 566 g/mol. The average molecular weight is 567 g/mol. The van der Waals surface area contributed by atoms with Gasteiger partial charge in [-0.1, -0.05) is 0 Å². The Morgan fingerprint density at radius 2 is 1.20 bits per heavy atom. The molecule has 4 amide bonds. The number of carbonyl (C=O) groups is 4. The highest BCUT2D eigenvalue weighted by Gasteiger charge is 2.19. The van der Waals surface area contributed by atoms with Gasteiger partial charge < -0.3 is 52.2 Å². The van der Waals surface area contributed by atoms with Gasteiger partial charge in [0, 0.05) is 52.2 Å². The van der Waals surface area contributed by atoms with Crippen molar-refractivity contribution in [1.82, 2.24) is 19.0 Å². The molecule has 16 heteroatoms. The highest BCUT2D eigenvalue weighted by molar-refractivity contribution is 6.07. The third-order valence-electron chi connectivity index (χ3n) is 5.82. The number of rotatable bonds is 11. The molecule has 0 saturated heterocycles. The molecule has 0 radical (unpaired) electrons. The van der Waals surface area contributed by atoms with Crippen LogP contribution < -0.4 is 38.5 Å². The summed E-state index contributed by atoms with van der Waals surface area (Å²) in [5, 5.41) is 18.2. The lowest BCUT2D eigenvalue weighted by molar-refractivity contribution is -0.114. The first-order valence-corrected chi connectivity index (χ1v) is 12.3. The first-order chi connectivity index (χ1) is 19.2. The van der Waals surface area contributed by atoms with E-state index in [4.69, 9.17) is 22.6 Å². The van der Waals surface area contributed by atoms with E-state index in [0.717, 1.165) is 0 Å². The molecule has 0 spiro atoms. The molecule has 0 aliphatic carbocycles. The average Bonchev–Trinajstić information content (AvgIpc) is 3.52. The Morgan fingerprint density at radius 1 is 0.780 bits per heavy atom. The largest absolute Gasteiger partial charge is 0.388 e. The van der Waals surface area contributed by atoms with Crippen LogP contribution in [0.2, 0.25) is 0 Å². The van der Waals surface area contributed by atoms with Crippen molar-refractivity contribution < 1.29 is 19.2 Å². The molecule has 16 nitrogen and oxygen atoms in total. The molecule has 0 aliphatic rings. The van der Waals surface area contributed by atoms with Crippen LogP contribution in [0.4, 0.5) is 17.1 Å². The van der Waals surface area contributed by atoms with Crippen LogP contribution in [0.5, 0.6) is 0 Å². The van der Waals surface area contributed by atoms with Crippen molar-refractivity contribution in [1.29, 1.82) is 5.41 Å². The van der Waals surface area contributed by atoms with Gasteiger partial charge in [-0.05, 0) is 25.1 Å². The van der Waals surface area contributed by atoms with Crippen molar-refractivity contribution in [3.05, 3.63) is 53.9 Å². The second-order valence-electron chi connectivity index (χ2n) is 9.48. The topological polar surface area (TPSA) is 245 Å². The lowest BCUT2D eigenvalue weighted by Crippen LogP contribution is -2.36. The fourth-order valence-electron chi connectivity index (χ4n) is 4.01. The predicted octanol–water partition coefficient (Wildman–Crippen LogP) is -0.137. The Labute approximate surface area is 235 Å². The van der Waals surface area contributed by atoms with Gasteiger partial charge in [0.15, 0.2) is 5.96 Å². The van der Waals surface area contributed by atoms with E-state index < -0.39 is 17.7 Å². The third kappa shape index (κ3) is 7.98. The van der Waals surface area contributed by atoms with Crippen molar-refractivity contribution in [3.8, 4) is 0 Å². The van der Waals surface area contributed by atoms with Gasteiger partial charge in [0.2, 0.25) is 5.91 Å². The molecular formula is C25H34N12O4. The van der Waals surface area contributed by atoms with Crippen molar-refractivity contribution in [3.63, 3.8) is 0 Å². The molecule has 11 N–H and O–H groups in total. The van der Waals surface area contributed by atoms with Crippen LogP contribution in [0.25, 0.3) is 0 Å². The summed E-state index contributed by atoms with van der Waals surface area (Å²) in [6.45, 7) is 1.48. The maximum absolute atomic E-state index is 13.0. The van der Waals surface area contributed by atoms with Crippen LogP contribution in [0, 0.1) is 5.41 Å². The van der Waals surface area contributed by atoms with E-state index in [9.17, 15) is 19.2 Å². The number of guanidine groups is 1. The summed E-state index contributed by atoms with van der Waals surface area (Å²) < 4.78 is 4.65. The molecule has 3 aromatic rings. The highest BCUT2D eigenvalue weighted by Crippen LogP contribution is 2.19. The van der Waals surface area contributed by atoms with Crippen LogP contribution in [0.1, 0.15) is 44.8 Å². The Hall–Kier alpha value is -5.54. The molecule has 0 aromatic carbocycles. The number of aryl methyl sites for hydroxylation is 3. The lowest BCUT2D eigenvalue weighted by atomic mass is 10.2. The molecule has 0 saturated carbocycles. The van der Waals surface area contributed by atoms with E-state index in [2.05, 4.69) is 26.3 Å². The standard InChI is InChI=1S/C25H34N12O4/c1-13(5-20(26)27)31-22(39)17-7-15(11-36(17)3)33-24(41)19-8-16(12-37(19)4)34-23(40)18-6-14(10-35(18)2)32-21(38)9-30-25(28)29/h6-8,10-13H,5,9H2,1-4H3,(H3,26,27)(H,31,39)(H,32,38)(H,33,41)(H,34,40)(H4,28,29,30). The van der Waals surface area contributed by atoms with E-state index in [0.29, 0.717) is 22.8 Å². The first kappa shape index (κ1) is 30.0. The number of carbonyl (C=O) groups excluding carboxylic acids is 4. The number of amides is 4. The number of nitrogens with zero attached hydrogens (tertiary/aromatic N) is 4. The van der Waals surface area contributed by atoms with Gasteiger partial charge in [-0.15, -0.1) is 0 Å². The Kier molecular flexibility index (Phi) is 9.18. The Balaban J connectivity index is 1.65. The number of amidine groups is 1. The quantitative estimate of drug-likeness (QED) is 0.115. The van der Waals surface area contributed by atoms with Crippen LogP contribution in [0.15, 0.2) is 41.8 Å². The van der Waals surface area contributed by atoms with E-state index in [1.807, 2.05) is 0 Å². The fourth-order valence-corrected chi connectivity index (χ4v) is 4.01. The number of nitrogens with one attached hydrogen (secondary N) is 5. The zero-order valence-corrected chi connectivity index (χ0v) is 23.1. The molecule has 3 rings (SSSR count). The van der Waals surface area contributed by atoms with Gasteiger partial charge in [0.1, 0.15) is 23.6 Å². The maximum Gasteiger partial charge on any atom is 0.272 e. The molecule has 0 bridgehead atoms. The van der Waals surface area contributed by atoms with Gasteiger partial charge in [-0.3, -0.25) is 24.6 Å². The van der Waals surface area contributed by atoms with Crippen LogP contribution in [0.3, 0.4) is 0 Å². The molecule has 0 fully saturated rings. The third-order valence-corrected chi connectivity index (χ3v) is 5.82. The smallest absolute Gasteiger partial charge is 0.272 e. The summed E-state index contributed by atoms with van der Waals surface area (Å²) in [5.74, 6) is -2.00. The second kappa shape index (κ2) is 12.5. The molecule has 41 heavy (non-hydrogen) atoms. The summed E-state index contributed by atoms with van der Waals surface area (Å²) in [6, 6.07) is 4.20. The van der Waals surface area contributed by atoms with Crippen molar-refractivity contribution in [2.24, 2.45) is 43.3 Å². The number of aromatic nitrogens is 3. The molecule has 1 atom stereocenters. The zero-order valence-electron chi connectivity index (χ0n) is 23.1. The Bertz CT molecular complexity index is 1520.